The topological polar surface area (TPSA) is 60.3 Å². The molecule has 1 unspecified atom stereocenters. The number of nitrogens with one attached hydrogen (secondary N) is 1. The van der Waals surface area contributed by atoms with Gasteiger partial charge in [-0.15, -0.1) is 0 Å². The molecule has 6 heteroatoms. The average molecular weight is 633 g/mol. The first-order valence-corrected chi connectivity index (χ1v) is 16.7. The number of para-hydroxylation sites is 1. The Morgan fingerprint density at radius 2 is 1.57 bits per heavy atom. The van der Waals surface area contributed by atoms with Gasteiger partial charge < -0.3 is 9.80 Å². The normalized spacial score (nSPS) is 13.8. The van der Waals surface area contributed by atoms with E-state index in [9.17, 15) is 9.18 Å². The van der Waals surface area contributed by atoms with Crippen LogP contribution >= 0.6 is 0 Å². The van der Waals surface area contributed by atoms with Crippen LogP contribution in [-0.2, 0) is 0 Å². The summed E-state index contributed by atoms with van der Waals surface area (Å²) in [5, 5.41) is 8.53. The lowest BCUT2D eigenvalue weighted by Crippen LogP contribution is -2.41. The summed E-state index contributed by atoms with van der Waals surface area (Å²) < 4.78 is 14.3. The molecule has 5 rings (SSSR count). The molecular weight excluding hydrogens is 583 g/mol. The van der Waals surface area contributed by atoms with Crippen LogP contribution in [0.2, 0.25) is 0 Å². The molecular formula is C41H49FN4O. The number of rotatable bonds is 9. The maximum atomic E-state index is 14.3. The Balaban J connectivity index is 0.000000930. The number of benzene rings is 3. The Morgan fingerprint density at radius 3 is 2.17 bits per heavy atom. The van der Waals surface area contributed by atoms with Crippen LogP contribution in [0.1, 0.15) is 91.3 Å². The van der Waals surface area contributed by atoms with Crippen molar-refractivity contribution in [2.45, 2.75) is 66.8 Å². The third-order valence-corrected chi connectivity index (χ3v) is 9.14. The van der Waals surface area contributed by atoms with Crippen LogP contribution in [-0.4, -0.2) is 34.6 Å². The highest BCUT2D eigenvalue weighted by atomic mass is 19.1. The van der Waals surface area contributed by atoms with E-state index < -0.39 is 5.82 Å². The highest BCUT2D eigenvalue weighted by molar-refractivity contribution is 6.12. The minimum atomic E-state index is -0.429. The van der Waals surface area contributed by atoms with E-state index in [1.807, 2.05) is 42.3 Å². The van der Waals surface area contributed by atoms with Crippen molar-refractivity contribution in [1.29, 1.82) is 5.41 Å². The first-order chi connectivity index (χ1) is 22.5. The Kier molecular flexibility index (Phi) is 12.2. The van der Waals surface area contributed by atoms with Crippen molar-refractivity contribution in [3.63, 3.8) is 0 Å². The van der Waals surface area contributed by atoms with Crippen LogP contribution in [0.25, 0.3) is 0 Å². The van der Waals surface area contributed by atoms with E-state index in [2.05, 4.69) is 75.3 Å². The number of amides is 1. The van der Waals surface area contributed by atoms with Crippen molar-refractivity contribution >= 4 is 17.3 Å². The summed E-state index contributed by atoms with van der Waals surface area (Å²) in [6.07, 6.45) is 4.76. The molecule has 1 amide bonds. The van der Waals surface area contributed by atoms with E-state index in [0.29, 0.717) is 24.2 Å². The van der Waals surface area contributed by atoms with Crippen LogP contribution in [0.5, 0.6) is 0 Å². The predicted molar refractivity (Wildman–Crippen MR) is 193 cm³/mol. The molecule has 0 radical (unpaired) electrons. The minimum Gasteiger partial charge on any atom is -0.339 e. The summed E-state index contributed by atoms with van der Waals surface area (Å²) in [6.45, 7) is 18.6. The number of carbonyl (C=O) groups excluding carboxylic acids is 1. The SMILES string of the molecule is C=C(C1CCN(C(=O)c2ccc(C(=N)c3ccccc3F)c(C)c2)CC1)N(c1ccccc1C)C(C)c1ccccn1.CCC(C)C. The molecule has 1 aliphatic rings. The maximum absolute atomic E-state index is 14.3. The predicted octanol–water partition coefficient (Wildman–Crippen LogP) is 9.94. The summed E-state index contributed by atoms with van der Waals surface area (Å²) in [6, 6.07) is 26.0. The van der Waals surface area contributed by atoms with Gasteiger partial charge in [0, 0.05) is 53.3 Å². The number of anilines is 1. The number of pyridine rings is 1. The Morgan fingerprint density at radius 1 is 0.936 bits per heavy atom. The summed E-state index contributed by atoms with van der Waals surface area (Å²) in [7, 11) is 0. The summed E-state index contributed by atoms with van der Waals surface area (Å²) in [4.78, 5) is 22.3. The third kappa shape index (κ3) is 8.62. The van der Waals surface area contributed by atoms with Gasteiger partial charge in [0.15, 0.2) is 0 Å². The molecule has 1 aliphatic heterocycles. The van der Waals surface area contributed by atoms with Crippen molar-refractivity contribution in [2.75, 3.05) is 18.0 Å². The Labute approximate surface area is 280 Å². The highest BCUT2D eigenvalue weighted by Gasteiger charge is 2.31. The van der Waals surface area contributed by atoms with Crippen molar-refractivity contribution in [3.05, 3.63) is 143 Å². The first kappa shape index (κ1) is 35.3. The number of piperidine rings is 1. The van der Waals surface area contributed by atoms with E-state index in [4.69, 9.17) is 5.41 Å². The second kappa shape index (κ2) is 16.3. The highest BCUT2D eigenvalue weighted by Crippen LogP contribution is 2.37. The van der Waals surface area contributed by atoms with Gasteiger partial charge in [-0.2, -0.15) is 0 Å². The molecule has 2 heterocycles. The molecule has 3 aromatic carbocycles. The van der Waals surface area contributed by atoms with Crippen LogP contribution in [0.4, 0.5) is 10.1 Å². The number of allylic oxidation sites excluding steroid dienone is 1. The Hall–Kier alpha value is -4.58. The number of carbonyl (C=O) groups is 1. The molecule has 1 saturated heterocycles. The first-order valence-electron chi connectivity index (χ1n) is 16.7. The van der Waals surface area contributed by atoms with Crippen LogP contribution in [0.15, 0.2) is 103 Å². The summed E-state index contributed by atoms with van der Waals surface area (Å²) >= 11 is 0. The van der Waals surface area contributed by atoms with Gasteiger partial charge in [0.1, 0.15) is 5.82 Å². The number of hydrogen-bond donors (Lipinski definition) is 1. The van der Waals surface area contributed by atoms with Gasteiger partial charge in [-0.3, -0.25) is 15.2 Å². The molecule has 0 bridgehead atoms. The fourth-order valence-electron chi connectivity index (χ4n) is 5.88. The number of aryl methyl sites for hydroxylation is 2. The second-order valence-electron chi connectivity index (χ2n) is 12.8. The fourth-order valence-corrected chi connectivity index (χ4v) is 5.88. The molecule has 4 aromatic rings. The van der Waals surface area contributed by atoms with Crippen LogP contribution < -0.4 is 4.90 Å². The molecule has 246 valence electrons. The van der Waals surface area contributed by atoms with E-state index in [0.717, 1.165) is 41.4 Å². The lowest BCUT2D eigenvalue weighted by molar-refractivity contribution is 0.0701. The van der Waals surface area contributed by atoms with Crippen LogP contribution in [0, 0.1) is 36.9 Å². The van der Waals surface area contributed by atoms with Gasteiger partial charge in [0.2, 0.25) is 0 Å². The zero-order valence-electron chi connectivity index (χ0n) is 28.8. The van der Waals surface area contributed by atoms with Crippen LogP contribution in [0.3, 0.4) is 0 Å². The number of hydrogen-bond acceptors (Lipinski definition) is 4. The molecule has 1 atom stereocenters. The van der Waals surface area contributed by atoms with Gasteiger partial charge in [0.25, 0.3) is 5.91 Å². The number of likely N-dealkylation sites (tertiary alicyclic amines) is 1. The standard InChI is InChI=1S/C36H37FN4O.C5H12/c1-24-11-5-8-15-34(24)41(27(4)33-14-9-10-20-39-33)26(3)28-18-21-40(22-19-28)36(42)29-16-17-30(25(2)23-29)35(38)31-12-6-7-13-32(31)37;1-4-5(2)3/h5-17,20,23,27-28,38H,3,18-19,21-22H2,1-2,4H3;5H,4H2,1-3H3. The largest absolute Gasteiger partial charge is 0.339 e. The zero-order chi connectivity index (χ0) is 34.1. The molecule has 0 saturated carbocycles. The zero-order valence-corrected chi connectivity index (χ0v) is 28.8. The van der Waals surface area contributed by atoms with E-state index in [1.54, 1.807) is 30.3 Å². The molecule has 5 nitrogen and oxygen atoms in total. The second-order valence-corrected chi connectivity index (χ2v) is 12.8. The summed E-state index contributed by atoms with van der Waals surface area (Å²) in [5.41, 5.74) is 6.66. The minimum absolute atomic E-state index is 0.00374. The fraction of sp³-hybridized carbons (Fsp3) is 0.341. The molecule has 1 fully saturated rings. The van der Waals surface area contributed by atoms with E-state index in [1.165, 1.54) is 18.1 Å². The quantitative estimate of drug-likeness (QED) is 0.187. The van der Waals surface area contributed by atoms with E-state index >= 15 is 0 Å². The van der Waals surface area contributed by atoms with Gasteiger partial charge in [-0.05, 0) is 93.1 Å². The number of halogens is 1. The molecule has 1 N–H and O–H groups in total. The number of aromatic nitrogens is 1. The molecule has 47 heavy (non-hydrogen) atoms. The van der Waals surface area contributed by atoms with E-state index in [-0.39, 0.29) is 29.1 Å². The van der Waals surface area contributed by atoms with Gasteiger partial charge in [-0.25, -0.2) is 4.39 Å². The van der Waals surface area contributed by atoms with Crippen molar-refractivity contribution in [2.24, 2.45) is 11.8 Å². The van der Waals surface area contributed by atoms with Crippen molar-refractivity contribution in [1.82, 2.24) is 9.88 Å². The summed E-state index contributed by atoms with van der Waals surface area (Å²) in [5.74, 6) is 0.658. The van der Waals surface area contributed by atoms with Gasteiger partial charge in [0.05, 0.1) is 17.4 Å². The van der Waals surface area contributed by atoms with Gasteiger partial charge in [-0.1, -0.05) is 76.2 Å². The monoisotopic (exact) mass is 632 g/mol. The lowest BCUT2D eigenvalue weighted by atomic mass is 9.91. The smallest absolute Gasteiger partial charge is 0.253 e. The van der Waals surface area contributed by atoms with Gasteiger partial charge >= 0.3 is 0 Å². The average Bonchev–Trinajstić information content (AvgIpc) is 3.09. The third-order valence-electron chi connectivity index (χ3n) is 9.14. The van der Waals surface area contributed by atoms with Crippen molar-refractivity contribution in [3.8, 4) is 0 Å². The molecule has 1 aromatic heterocycles. The Bertz CT molecular complexity index is 1670. The van der Waals surface area contributed by atoms with Crippen molar-refractivity contribution < 1.29 is 9.18 Å². The molecule has 0 aliphatic carbocycles. The maximum Gasteiger partial charge on any atom is 0.253 e. The molecule has 0 spiro atoms. The lowest BCUT2D eigenvalue weighted by Gasteiger charge is -2.40. The number of nitrogens with zero attached hydrogens (tertiary/aromatic N) is 3.